The van der Waals surface area contributed by atoms with Crippen LogP contribution in [0.4, 0.5) is 0 Å². The maximum Gasteiger partial charge on any atom is 0.225 e. The topological polar surface area (TPSA) is 57.9 Å². The van der Waals surface area contributed by atoms with Crippen LogP contribution in [-0.4, -0.2) is 15.8 Å². The highest BCUT2D eigenvalue weighted by Crippen LogP contribution is 2.25. The van der Waals surface area contributed by atoms with Gasteiger partial charge in [0.25, 0.3) is 0 Å². The Kier molecular flexibility index (Phi) is 4.17. The highest BCUT2D eigenvalue weighted by Gasteiger charge is 2.15. The van der Waals surface area contributed by atoms with Gasteiger partial charge in [-0.05, 0) is 54.4 Å². The molecule has 0 aliphatic rings. The molecule has 0 radical (unpaired) electrons. The van der Waals surface area contributed by atoms with Gasteiger partial charge in [-0.1, -0.05) is 42.5 Å². The molecule has 0 aliphatic carbocycles. The van der Waals surface area contributed by atoms with Crippen molar-refractivity contribution in [3.63, 3.8) is 0 Å². The third kappa shape index (κ3) is 3.41. The molecule has 0 amide bonds. The molecule has 0 unspecified atom stereocenters. The molecular formula is C25H20N2O2. The lowest BCUT2D eigenvalue weighted by Crippen LogP contribution is -2.01. The first kappa shape index (κ1) is 17.3. The predicted octanol–water partition coefficient (Wildman–Crippen LogP) is 5.77. The fourth-order valence-corrected chi connectivity index (χ4v) is 3.57. The number of hydrogen-bond acceptors (Lipinski definition) is 2. The number of aromatic amines is 2. The van der Waals surface area contributed by atoms with Crippen molar-refractivity contribution in [2.75, 3.05) is 0 Å². The number of H-pyrrole nitrogens is 2. The van der Waals surface area contributed by atoms with Crippen molar-refractivity contribution in [2.24, 2.45) is 0 Å². The monoisotopic (exact) mass is 380 g/mol. The van der Waals surface area contributed by atoms with E-state index >= 15 is 0 Å². The van der Waals surface area contributed by atoms with Gasteiger partial charge in [0.15, 0.2) is 0 Å². The van der Waals surface area contributed by atoms with Crippen LogP contribution in [0.25, 0.3) is 21.8 Å². The number of nitrogens with one attached hydrogen (secondary N) is 2. The number of ketones is 1. The highest BCUT2D eigenvalue weighted by molar-refractivity contribution is 6.11. The Bertz CT molecular complexity index is 1330. The van der Waals surface area contributed by atoms with E-state index in [4.69, 9.17) is 4.74 Å². The molecule has 0 fully saturated rings. The van der Waals surface area contributed by atoms with Gasteiger partial charge in [0.05, 0.1) is 11.4 Å². The first-order chi connectivity index (χ1) is 14.2. The van der Waals surface area contributed by atoms with Gasteiger partial charge in [-0.3, -0.25) is 4.79 Å². The molecule has 0 saturated carbocycles. The van der Waals surface area contributed by atoms with Crippen molar-refractivity contribution >= 4 is 27.6 Å². The summed E-state index contributed by atoms with van der Waals surface area (Å²) >= 11 is 0. The zero-order valence-corrected chi connectivity index (χ0v) is 16.0. The first-order valence-corrected chi connectivity index (χ1v) is 9.59. The summed E-state index contributed by atoms with van der Waals surface area (Å²) in [6, 6.07) is 25.8. The maximum absolute atomic E-state index is 13.0. The van der Waals surface area contributed by atoms with Crippen LogP contribution in [0.15, 0.2) is 78.9 Å². The van der Waals surface area contributed by atoms with Crippen molar-refractivity contribution in [3.8, 4) is 5.75 Å². The lowest BCUT2D eigenvalue weighted by atomic mass is 10.1. The van der Waals surface area contributed by atoms with E-state index in [1.807, 2.05) is 85.8 Å². The summed E-state index contributed by atoms with van der Waals surface area (Å²) in [6.45, 7) is 2.55. The van der Waals surface area contributed by atoms with Crippen LogP contribution in [0, 0.1) is 6.92 Å². The Morgan fingerprint density at radius 3 is 2.38 bits per heavy atom. The minimum absolute atomic E-state index is 0.0539. The molecule has 142 valence electrons. The van der Waals surface area contributed by atoms with Gasteiger partial charge in [-0.2, -0.15) is 0 Å². The number of aromatic nitrogens is 2. The van der Waals surface area contributed by atoms with Gasteiger partial charge >= 0.3 is 0 Å². The van der Waals surface area contributed by atoms with E-state index in [-0.39, 0.29) is 5.78 Å². The number of rotatable bonds is 5. The zero-order valence-electron chi connectivity index (χ0n) is 16.0. The standard InChI is InChI=1S/C25H20N2O2/c1-16-7-8-18-13-23(27-22(18)11-16)25(28)24-14-19-12-20(9-10-21(19)26-24)29-15-17-5-3-2-4-6-17/h2-14,26-27H,15H2,1H3. The van der Waals surface area contributed by atoms with Gasteiger partial charge in [0.1, 0.15) is 12.4 Å². The summed E-state index contributed by atoms with van der Waals surface area (Å²) in [5, 5.41) is 1.98. The number of hydrogen-bond donors (Lipinski definition) is 2. The number of fused-ring (bicyclic) bond motifs is 2. The molecule has 4 heteroatoms. The number of carbonyl (C=O) groups is 1. The summed E-state index contributed by atoms with van der Waals surface area (Å²) < 4.78 is 5.90. The van der Waals surface area contributed by atoms with Crippen LogP contribution in [-0.2, 0) is 6.61 Å². The van der Waals surface area contributed by atoms with Gasteiger partial charge in [-0.25, -0.2) is 0 Å². The van der Waals surface area contributed by atoms with Crippen LogP contribution in [0.3, 0.4) is 0 Å². The molecule has 5 rings (SSSR count). The van der Waals surface area contributed by atoms with Gasteiger partial charge in [0.2, 0.25) is 5.78 Å². The SMILES string of the molecule is Cc1ccc2cc(C(=O)c3cc4cc(OCc5ccccc5)ccc4[nH]3)[nH]c2c1. The normalized spacial score (nSPS) is 11.2. The largest absolute Gasteiger partial charge is 0.489 e. The third-order valence-corrected chi connectivity index (χ3v) is 5.11. The average Bonchev–Trinajstić information content (AvgIpc) is 3.35. The van der Waals surface area contributed by atoms with Gasteiger partial charge in [-0.15, -0.1) is 0 Å². The molecule has 5 aromatic rings. The first-order valence-electron chi connectivity index (χ1n) is 9.59. The fourth-order valence-electron chi connectivity index (χ4n) is 3.57. The second kappa shape index (κ2) is 6.99. The fraction of sp³-hybridized carbons (Fsp3) is 0.0800. The maximum atomic E-state index is 13.0. The van der Waals surface area contributed by atoms with Gasteiger partial charge in [0, 0.05) is 21.8 Å². The molecule has 4 nitrogen and oxygen atoms in total. The van der Waals surface area contributed by atoms with E-state index in [0.717, 1.165) is 38.7 Å². The Morgan fingerprint density at radius 2 is 1.55 bits per heavy atom. The Hall–Kier alpha value is -3.79. The van der Waals surface area contributed by atoms with Crippen LogP contribution in [0.2, 0.25) is 0 Å². The smallest absolute Gasteiger partial charge is 0.225 e. The van der Waals surface area contributed by atoms with Crippen molar-refractivity contribution in [2.45, 2.75) is 13.5 Å². The number of benzene rings is 3. The average molecular weight is 380 g/mol. The second-order valence-electron chi connectivity index (χ2n) is 7.31. The number of carbonyl (C=O) groups excluding carboxylic acids is 1. The minimum atomic E-state index is -0.0539. The van der Waals surface area contributed by atoms with E-state index in [0.29, 0.717) is 18.0 Å². The lowest BCUT2D eigenvalue weighted by molar-refractivity contribution is 0.103. The Labute approximate surface area is 168 Å². The molecule has 0 atom stereocenters. The Morgan fingerprint density at radius 1 is 0.793 bits per heavy atom. The molecule has 0 spiro atoms. The molecular weight excluding hydrogens is 360 g/mol. The zero-order chi connectivity index (χ0) is 19.8. The van der Waals surface area contributed by atoms with Crippen molar-refractivity contribution in [1.29, 1.82) is 0 Å². The quantitative estimate of drug-likeness (QED) is 0.380. The number of aryl methyl sites for hydroxylation is 1. The lowest BCUT2D eigenvalue weighted by Gasteiger charge is -2.06. The molecule has 0 saturated heterocycles. The van der Waals surface area contributed by atoms with E-state index in [9.17, 15) is 4.79 Å². The summed E-state index contributed by atoms with van der Waals surface area (Å²) in [5.41, 5.74) is 5.30. The van der Waals surface area contributed by atoms with Crippen LogP contribution < -0.4 is 4.74 Å². The van der Waals surface area contributed by atoms with Crippen molar-refractivity contribution in [1.82, 2.24) is 9.97 Å². The van der Waals surface area contributed by atoms with Crippen LogP contribution in [0.1, 0.15) is 27.3 Å². The van der Waals surface area contributed by atoms with E-state index in [2.05, 4.69) is 9.97 Å². The van der Waals surface area contributed by atoms with E-state index in [1.54, 1.807) is 0 Å². The predicted molar refractivity (Wildman–Crippen MR) is 116 cm³/mol. The third-order valence-electron chi connectivity index (χ3n) is 5.11. The van der Waals surface area contributed by atoms with E-state index in [1.165, 1.54) is 0 Å². The molecule has 0 bridgehead atoms. The van der Waals surface area contributed by atoms with E-state index < -0.39 is 0 Å². The molecule has 2 aromatic heterocycles. The summed E-state index contributed by atoms with van der Waals surface area (Å²) in [6.07, 6.45) is 0. The van der Waals surface area contributed by atoms with Crippen LogP contribution >= 0.6 is 0 Å². The van der Waals surface area contributed by atoms with Crippen LogP contribution in [0.5, 0.6) is 5.75 Å². The van der Waals surface area contributed by atoms with Crippen molar-refractivity contribution < 1.29 is 9.53 Å². The summed E-state index contributed by atoms with van der Waals surface area (Å²) in [7, 11) is 0. The molecule has 29 heavy (non-hydrogen) atoms. The summed E-state index contributed by atoms with van der Waals surface area (Å²) in [5.74, 6) is 0.724. The summed E-state index contributed by atoms with van der Waals surface area (Å²) in [4.78, 5) is 19.4. The minimum Gasteiger partial charge on any atom is -0.489 e. The van der Waals surface area contributed by atoms with Gasteiger partial charge < -0.3 is 14.7 Å². The molecule has 2 heterocycles. The highest BCUT2D eigenvalue weighted by atomic mass is 16.5. The molecule has 0 aliphatic heterocycles. The Balaban J connectivity index is 1.40. The number of ether oxygens (including phenoxy) is 1. The van der Waals surface area contributed by atoms with Crippen molar-refractivity contribution in [3.05, 3.63) is 101 Å². The molecule has 3 aromatic carbocycles. The molecule has 2 N–H and O–H groups in total. The second-order valence-corrected chi connectivity index (χ2v) is 7.31.